The minimum atomic E-state index is -0.556. The van der Waals surface area contributed by atoms with Crippen molar-refractivity contribution in [1.29, 1.82) is 5.41 Å². The predicted molar refractivity (Wildman–Crippen MR) is 121 cm³/mol. The van der Waals surface area contributed by atoms with Crippen LogP contribution in [0.3, 0.4) is 0 Å². The molecule has 3 aliphatic heterocycles. The normalized spacial score (nSPS) is 15.0. The number of fused-ring (bicyclic) bond motifs is 1. The number of hydrogen-bond acceptors (Lipinski definition) is 7. The van der Waals surface area contributed by atoms with E-state index in [9.17, 15) is 14.7 Å². The lowest BCUT2D eigenvalue weighted by molar-refractivity contribution is -0.123. The molecule has 3 N–H and O–H groups in total. The van der Waals surface area contributed by atoms with E-state index in [1.54, 1.807) is 23.1 Å². The Hall–Kier alpha value is -3.66. The summed E-state index contributed by atoms with van der Waals surface area (Å²) in [4.78, 5) is 30.9. The smallest absolute Gasteiger partial charge is 0.283 e. The van der Waals surface area contributed by atoms with Crippen LogP contribution < -0.4 is 25.7 Å². The Morgan fingerprint density at radius 3 is 2.84 bits per heavy atom. The van der Waals surface area contributed by atoms with E-state index in [4.69, 9.17) is 10.1 Å². The molecule has 1 amide bonds. The second-order valence-electron chi connectivity index (χ2n) is 7.42. The van der Waals surface area contributed by atoms with Crippen LogP contribution in [0.1, 0.15) is 24.0 Å². The van der Waals surface area contributed by atoms with E-state index in [0.717, 1.165) is 37.3 Å². The highest BCUT2D eigenvalue weighted by Gasteiger charge is 2.17. The third-order valence-corrected chi connectivity index (χ3v) is 6.15. The fourth-order valence-electron chi connectivity index (χ4n) is 3.66. The molecule has 0 aliphatic carbocycles. The number of aromatic hydroxyl groups is 1. The van der Waals surface area contributed by atoms with Gasteiger partial charge in [-0.3, -0.25) is 20.1 Å². The van der Waals surface area contributed by atoms with Gasteiger partial charge < -0.3 is 14.7 Å². The Morgan fingerprint density at radius 2 is 2.16 bits per heavy atom. The molecule has 3 aliphatic rings. The van der Waals surface area contributed by atoms with Crippen molar-refractivity contribution in [2.45, 2.75) is 19.3 Å². The number of H-pyrrole nitrogens is 1. The quantitative estimate of drug-likeness (QED) is 0.477. The molecule has 0 radical (unpaired) electrons. The van der Waals surface area contributed by atoms with Crippen molar-refractivity contribution in [2.75, 3.05) is 20.2 Å². The van der Waals surface area contributed by atoms with Crippen LogP contribution in [0.25, 0.3) is 17.3 Å². The van der Waals surface area contributed by atoms with Gasteiger partial charge in [0.25, 0.3) is 5.56 Å². The Bertz CT molecular complexity index is 1400. The van der Waals surface area contributed by atoms with Crippen LogP contribution in [0.4, 0.5) is 0 Å². The zero-order chi connectivity index (χ0) is 22.8. The number of allylic oxidation sites excluding steroid dienone is 1. The predicted octanol–water partition coefficient (Wildman–Crippen LogP) is 0.214. The number of phenolic OH excluding ortho intramolecular Hbond substituents is 1. The van der Waals surface area contributed by atoms with E-state index in [1.165, 1.54) is 23.9 Å². The number of aromatic nitrogens is 3. The van der Waals surface area contributed by atoms with Gasteiger partial charge >= 0.3 is 0 Å². The molecule has 1 saturated heterocycles. The molecule has 32 heavy (non-hydrogen) atoms. The number of phenols is 1. The van der Waals surface area contributed by atoms with E-state index in [0.29, 0.717) is 27.3 Å². The summed E-state index contributed by atoms with van der Waals surface area (Å²) < 4.78 is 7.12. The maximum atomic E-state index is 12.7. The fraction of sp³-hybridized carbons (Fsp3) is 0.273. The summed E-state index contributed by atoms with van der Waals surface area (Å²) in [6, 6.07) is 3.29. The number of likely N-dealkylation sites (tertiary alicyclic amines) is 1. The standard InChI is InChI=1S/C22H23N5O4S/c1-3-6-14-9-13(11-16(31-2)19(14)29)10-15-20(23)27-22(24-21(15)30)32-17(25-27)12-18(28)26-7-4-5-8-26/h3,9-12,23,25,29H,1,4-8H2,2H3/b15-10-,17-12+,23-20?. The van der Waals surface area contributed by atoms with E-state index >= 15 is 0 Å². The highest BCUT2D eigenvalue weighted by Crippen LogP contribution is 2.32. The van der Waals surface area contributed by atoms with Crippen LogP contribution in [0.15, 0.2) is 29.6 Å². The number of carbonyl (C=O) groups is 1. The second kappa shape index (κ2) is 8.83. The third-order valence-electron chi connectivity index (χ3n) is 5.26. The average Bonchev–Trinajstić information content (AvgIpc) is 3.43. The summed E-state index contributed by atoms with van der Waals surface area (Å²) in [5.41, 5.74) is 0.530. The molecule has 10 heteroatoms. The number of amides is 1. The molecular formula is C22H23N5O4S. The Labute approximate surface area is 187 Å². The molecule has 0 aromatic heterocycles. The number of hydrogen-bond donors (Lipinski definition) is 3. The van der Waals surface area contributed by atoms with Crippen molar-refractivity contribution in [3.05, 3.63) is 61.6 Å². The van der Waals surface area contributed by atoms with E-state index in [-0.39, 0.29) is 28.1 Å². The van der Waals surface area contributed by atoms with Crippen LogP contribution in [-0.2, 0) is 11.2 Å². The number of nitrogens with zero attached hydrogens (tertiary/aromatic N) is 3. The molecule has 166 valence electrons. The molecule has 0 atom stereocenters. The van der Waals surface area contributed by atoms with Gasteiger partial charge in [-0.15, -0.1) is 6.58 Å². The van der Waals surface area contributed by atoms with Crippen LogP contribution in [0.2, 0.25) is 0 Å². The van der Waals surface area contributed by atoms with E-state index in [1.807, 2.05) is 0 Å². The van der Waals surface area contributed by atoms with Gasteiger partial charge in [-0.1, -0.05) is 17.4 Å². The fourth-order valence-corrected chi connectivity index (χ4v) is 4.51. The number of carbonyl (C=O) groups excluding carboxylic acids is 1. The molecule has 0 saturated carbocycles. The lowest BCUT2D eigenvalue weighted by Crippen LogP contribution is -2.47. The van der Waals surface area contributed by atoms with Crippen molar-refractivity contribution in [3.8, 4) is 16.6 Å². The molecule has 1 aromatic rings. The van der Waals surface area contributed by atoms with Gasteiger partial charge in [0.05, 0.1) is 12.3 Å². The monoisotopic (exact) mass is 453 g/mol. The minimum absolute atomic E-state index is 0.00922. The average molecular weight is 454 g/mol. The first-order valence-corrected chi connectivity index (χ1v) is 10.9. The lowest BCUT2D eigenvalue weighted by atomic mass is 10.0. The second-order valence-corrected chi connectivity index (χ2v) is 8.43. The zero-order valence-corrected chi connectivity index (χ0v) is 18.4. The molecule has 4 rings (SSSR count). The van der Waals surface area contributed by atoms with Crippen molar-refractivity contribution < 1.29 is 14.6 Å². The molecule has 0 bridgehead atoms. The van der Waals surface area contributed by atoms with Gasteiger partial charge in [0.15, 0.2) is 17.0 Å². The first kappa shape index (κ1) is 21.6. The number of rotatable bonds is 5. The number of nitrogens with one attached hydrogen (secondary N) is 2. The van der Waals surface area contributed by atoms with Crippen LogP contribution in [0, 0.1) is 5.41 Å². The van der Waals surface area contributed by atoms with Gasteiger partial charge in [-0.05, 0) is 43.0 Å². The van der Waals surface area contributed by atoms with Crippen molar-refractivity contribution >= 4 is 29.4 Å². The molecule has 9 nitrogen and oxygen atoms in total. The third kappa shape index (κ3) is 4.09. The first-order chi connectivity index (χ1) is 15.4. The summed E-state index contributed by atoms with van der Waals surface area (Å²) in [5, 5.41) is 22.2. The van der Waals surface area contributed by atoms with Crippen molar-refractivity contribution in [1.82, 2.24) is 19.7 Å². The maximum absolute atomic E-state index is 12.7. The highest BCUT2D eigenvalue weighted by atomic mass is 32.1. The molecule has 1 fully saturated rings. The molecule has 0 unspecified atom stereocenters. The van der Waals surface area contributed by atoms with Gasteiger partial charge in [0, 0.05) is 24.7 Å². The van der Waals surface area contributed by atoms with E-state index in [2.05, 4.69) is 16.7 Å². The summed E-state index contributed by atoms with van der Waals surface area (Å²) in [6.07, 6.45) is 7.07. The number of methoxy groups -OCH3 is 1. The van der Waals surface area contributed by atoms with Crippen LogP contribution >= 0.6 is 11.3 Å². The van der Waals surface area contributed by atoms with Crippen molar-refractivity contribution in [2.24, 2.45) is 0 Å². The minimum Gasteiger partial charge on any atom is -0.504 e. The Balaban J connectivity index is 1.83. The van der Waals surface area contributed by atoms with Crippen molar-refractivity contribution in [3.63, 3.8) is 0 Å². The van der Waals surface area contributed by atoms with Gasteiger partial charge in [-0.2, -0.15) is 4.98 Å². The zero-order valence-electron chi connectivity index (χ0n) is 17.6. The SMILES string of the molecule is C=CCc1cc(/C=c2\c(=O)nc3s/c(=C/C(=O)N4CCCC4)[nH]n-3c2=N)cc(OC)c1O. The van der Waals surface area contributed by atoms with Crippen LogP contribution in [-0.4, -0.2) is 50.9 Å². The van der Waals surface area contributed by atoms with Gasteiger partial charge in [0.2, 0.25) is 11.0 Å². The van der Waals surface area contributed by atoms with Crippen LogP contribution in [0.5, 0.6) is 11.5 Å². The number of ether oxygens (including phenoxy) is 1. The molecular weight excluding hydrogens is 430 g/mol. The summed E-state index contributed by atoms with van der Waals surface area (Å²) >= 11 is 1.14. The largest absolute Gasteiger partial charge is 0.504 e. The summed E-state index contributed by atoms with van der Waals surface area (Å²) in [6.45, 7) is 5.17. The molecule has 1 aromatic carbocycles. The number of aromatic amines is 1. The Morgan fingerprint density at radius 1 is 1.41 bits per heavy atom. The molecule has 0 spiro atoms. The molecule has 3 heterocycles. The summed E-state index contributed by atoms with van der Waals surface area (Å²) in [5.74, 6) is 0.170. The summed E-state index contributed by atoms with van der Waals surface area (Å²) in [7, 11) is 1.44. The maximum Gasteiger partial charge on any atom is 0.283 e. The number of benzene rings is 1. The first-order valence-electron chi connectivity index (χ1n) is 10.1. The van der Waals surface area contributed by atoms with Gasteiger partial charge in [-0.25, -0.2) is 4.68 Å². The van der Waals surface area contributed by atoms with E-state index < -0.39 is 5.56 Å². The highest BCUT2D eigenvalue weighted by molar-refractivity contribution is 7.11. The topological polar surface area (TPSA) is 124 Å². The Kier molecular flexibility index (Phi) is 5.95. The van der Waals surface area contributed by atoms with Gasteiger partial charge in [0.1, 0.15) is 4.66 Å². The lowest BCUT2D eigenvalue weighted by Gasteiger charge is -2.10.